The quantitative estimate of drug-likeness (QED) is 0.156. The van der Waals surface area contributed by atoms with Crippen molar-refractivity contribution in [1.29, 1.82) is 0 Å². The van der Waals surface area contributed by atoms with Crippen LogP contribution in [-0.2, 0) is 5.41 Å². The average molecular weight is 697 g/mol. The molecule has 256 valence electrons. The molecule has 1 heteroatoms. The van der Waals surface area contributed by atoms with Crippen molar-refractivity contribution < 1.29 is 9.60 Å². The zero-order chi connectivity index (χ0) is 42.3. The van der Waals surface area contributed by atoms with Crippen LogP contribution in [0.25, 0.3) is 66.1 Å². The van der Waals surface area contributed by atoms with Gasteiger partial charge in [-0.25, -0.2) is 0 Å². The Morgan fingerprint density at radius 1 is 0.370 bits per heavy atom. The minimum Gasteiger partial charge on any atom is -0.310 e. The predicted octanol–water partition coefficient (Wildman–Crippen LogP) is 14.8. The molecule has 0 heterocycles. The summed E-state index contributed by atoms with van der Waals surface area (Å²) in [6, 6.07) is 49.6. The molecule has 9 aromatic carbocycles. The second-order valence-corrected chi connectivity index (χ2v) is 14.4. The van der Waals surface area contributed by atoms with Crippen molar-refractivity contribution in [2.45, 2.75) is 19.3 Å². The monoisotopic (exact) mass is 696 g/mol. The van der Waals surface area contributed by atoms with E-state index in [0.717, 1.165) is 54.9 Å². The van der Waals surface area contributed by atoms with Gasteiger partial charge in [0, 0.05) is 22.5 Å². The molecule has 0 aliphatic heterocycles. The van der Waals surface area contributed by atoms with Crippen LogP contribution in [0.2, 0.25) is 0 Å². The Balaban J connectivity index is 1.19. The third-order valence-electron chi connectivity index (χ3n) is 10.9. The van der Waals surface area contributed by atoms with Crippen molar-refractivity contribution in [2.75, 3.05) is 4.90 Å². The van der Waals surface area contributed by atoms with E-state index in [4.69, 9.17) is 0 Å². The van der Waals surface area contributed by atoms with E-state index in [1.54, 1.807) is 11.0 Å². The molecule has 10 rings (SSSR count). The SMILES string of the molecule is [2H]c1cc(N(c2ccc3c(c2)C(C)(C)c2ccccc2-3)c2c([2H])c([2H])c(-c3cccc(-c4ccccc4)c3)c([2H])c2[2H])c([2H])c([2H])c1-c1ccc2ccc3ccccc3c2c1. The number of benzene rings is 9. The normalized spacial score (nSPS) is 14.6. The fraction of sp³-hybridized carbons (Fsp3) is 0.0566. The summed E-state index contributed by atoms with van der Waals surface area (Å²) in [5.41, 5.74) is 7.93. The van der Waals surface area contributed by atoms with Crippen molar-refractivity contribution in [1.82, 2.24) is 0 Å². The molecule has 9 aromatic rings. The molecular formula is C53H39N. The molecule has 0 saturated heterocycles. The highest BCUT2D eigenvalue weighted by Crippen LogP contribution is 2.50. The van der Waals surface area contributed by atoms with E-state index in [-0.39, 0.29) is 59.2 Å². The fourth-order valence-corrected chi connectivity index (χ4v) is 8.04. The number of nitrogens with zero attached hydrogens (tertiary/aromatic N) is 1. The number of fused-ring (bicyclic) bond motifs is 6. The second-order valence-electron chi connectivity index (χ2n) is 14.4. The summed E-state index contributed by atoms with van der Waals surface area (Å²) < 4.78 is 66.8. The minimum absolute atomic E-state index is 0.000848. The van der Waals surface area contributed by atoms with E-state index in [1.165, 1.54) is 6.07 Å². The largest absolute Gasteiger partial charge is 0.310 e. The van der Waals surface area contributed by atoms with Gasteiger partial charge in [-0.3, -0.25) is 0 Å². The number of anilines is 3. The zero-order valence-corrected chi connectivity index (χ0v) is 30.0. The molecule has 0 fully saturated rings. The highest BCUT2D eigenvalue weighted by Gasteiger charge is 2.35. The summed E-state index contributed by atoms with van der Waals surface area (Å²) in [5.74, 6) is 0. The van der Waals surface area contributed by atoms with Gasteiger partial charge in [-0.05, 0) is 126 Å². The molecule has 0 saturated carbocycles. The van der Waals surface area contributed by atoms with Crippen LogP contribution in [-0.4, -0.2) is 0 Å². The maximum atomic E-state index is 9.64. The van der Waals surface area contributed by atoms with E-state index in [0.29, 0.717) is 22.4 Å². The summed E-state index contributed by atoms with van der Waals surface area (Å²) in [7, 11) is 0. The van der Waals surface area contributed by atoms with Gasteiger partial charge in [0.05, 0.1) is 9.60 Å². The van der Waals surface area contributed by atoms with Gasteiger partial charge in [-0.1, -0.05) is 165 Å². The molecule has 1 aliphatic rings. The van der Waals surface area contributed by atoms with Crippen molar-refractivity contribution in [3.8, 4) is 44.5 Å². The number of hydrogen-bond donors (Lipinski definition) is 0. The Kier molecular flexibility index (Phi) is 5.98. The number of rotatable bonds is 6. The van der Waals surface area contributed by atoms with E-state index in [2.05, 4.69) is 50.2 Å². The zero-order valence-electron chi connectivity index (χ0n) is 37.0. The van der Waals surface area contributed by atoms with E-state index >= 15 is 0 Å². The molecule has 0 aromatic heterocycles. The van der Waals surface area contributed by atoms with Gasteiger partial charge in [0.25, 0.3) is 0 Å². The van der Waals surface area contributed by atoms with E-state index in [9.17, 15) is 9.60 Å². The molecule has 0 bridgehead atoms. The molecule has 0 N–H and O–H groups in total. The number of hydrogen-bond acceptors (Lipinski definition) is 1. The first kappa shape index (κ1) is 25.3. The smallest absolute Gasteiger partial charge is 0.0645 e. The molecular weight excluding hydrogens is 651 g/mol. The maximum absolute atomic E-state index is 9.64. The van der Waals surface area contributed by atoms with Crippen LogP contribution in [0.1, 0.15) is 34.6 Å². The molecule has 0 atom stereocenters. The van der Waals surface area contributed by atoms with Gasteiger partial charge in [-0.15, -0.1) is 0 Å². The van der Waals surface area contributed by atoms with Gasteiger partial charge >= 0.3 is 0 Å². The lowest BCUT2D eigenvalue weighted by atomic mass is 9.82. The van der Waals surface area contributed by atoms with E-state index in [1.807, 2.05) is 109 Å². The van der Waals surface area contributed by atoms with Gasteiger partial charge in [-0.2, -0.15) is 0 Å². The summed E-state index contributed by atoms with van der Waals surface area (Å²) in [5, 5.41) is 4.13. The Hall–Kier alpha value is -6.70. The topological polar surface area (TPSA) is 3.24 Å². The summed E-state index contributed by atoms with van der Waals surface area (Å²) in [4.78, 5) is 1.56. The van der Waals surface area contributed by atoms with E-state index < -0.39 is 5.41 Å². The summed E-state index contributed by atoms with van der Waals surface area (Å²) in [6.45, 7) is 4.31. The van der Waals surface area contributed by atoms with Crippen LogP contribution in [0.15, 0.2) is 200 Å². The van der Waals surface area contributed by atoms with Crippen molar-refractivity contribution in [3.63, 3.8) is 0 Å². The molecule has 1 aliphatic carbocycles. The Morgan fingerprint density at radius 3 is 1.81 bits per heavy atom. The predicted molar refractivity (Wildman–Crippen MR) is 230 cm³/mol. The third-order valence-corrected chi connectivity index (χ3v) is 10.9. The third kappa shape index (κ3) is 5.40. The van der Waals surface area contributed by atoms with Crippen LogP contribution in [0, 0.1) is 0 Å². The summed E-state index contributed by atoms with van der Waals surface area (Å²) >= 11 is 0. The molecule has 54 heavy (non-hydrogen) atoms. The maximum Gasteiger partial charge on any atom is 0.0645 e. The average Bonchev–Trinajstić information content (AvgIpc) is 3.51. The van der Waals surface area contributed by atoms with Crippen LogP contribution in [0.4, 0.5) is 17.1 Å². The van der Waals surface area contributed by atoms with Crippen molar-refractivity contribution in [2.24, 2.45) is 0 Å². The Morgan fingerprint density at radius 2 is 0.981 bits per heavy atom. The standard InChI is InChI=1S/C53H39N/c1-53(2)51-18-9-8-17-48(51)49-32-31-46(35-52(49)53)54(44-27-23-37(24-28-44)42-15-10-14-41(33-42)36-11-4-3-5-12-36)45-29-25-38(26-30-45)43-22-21-40-20-19-39-13-6-7-16-47(39)50(40)34-43/h3-35H,1-2H3/i23D,24D,25D,26D,27D,28D,29D. The first-order chi connectivity index (χ1) is 29.4. The van der Waals surface area contributed by atoms with Gasteiger partial charge in [0.1, 0.15) is 0 Å². The van der Waals surface area contributed by atoms with Crippen LogP contribution >= 0.6 is 0 Å². The first-order valence-electron chi connectivity index (χ1n) is 21.8. The summed E-state index contributed by atoms with van der Waals surface area (Å²) in [6.07, 6.45) is 0. The van der Waals surface area contributed by atoms with Crippen molar-refractivity contribution in [3.05, 3.63) is 211 Å². The van der Waals surface area contributed by atoms with Crippen molar-refractivity contribution >= 4 is 38.6 Å². The van der Waals surface area contributed by atoms with Gasteiger partial charge in [0.2, 0.25) is 0 Å². The lowest BCUT2D eigenvalue weighted by molar-refractivity contribution is 0.660. The molecule has 0 amide bonds. The lowest BCUT2D eigenvalue weighted by Crippen LogP contribution is -2.16. The van der Waals surface area contributed by atoms with Gasteiger partial charge < -0.3 is 4.90 Å². The molecule has 1 nitrogen and oxygen atoms in total. The fourth-order valence-electron chi connectivity index (χ4n) is 8.04. The highest BCUT2D eigenvalue weighted by atomic mass is 15.1. The molecule has 0 radical (unpaired) electrons. The Bertz CT molecular complexity index is 3240. The first-order valence-corrected chi connectivity index (χ1v) is 18.3. The molecule has 0 unspecified atom stereocenters. The molecule has 0 spiro atoms. The van der Waals surface area contributed by atoms with Crippen LogP contribution < -0.4 is 4.90 Å². The van der Waals surface area contributed by atoms with Crippen LogP contribution in [0.3, 0.4) is 0 Å². The minimum atomic E-state index is -0.412. The van der Waals surface area contributed by atoms with Gasteiger partial charge in [0.15, 0.2) is 0 Å². The second kappa shape index (κ2) is 12.8. The highest BCUT2D eigenvalue weighted by molar-refractivity contribution is 6.08. The van der Waals surface area contributed by atoms with Crippen LogP contribution in [0.5, 0.6) is 0 Å². The Labute approximate surface area is 327 Å². The lowest BCUT2D eigenvalue weighted by Gasteiger charge is -2.28.